The van der Waals surface area contributed by atoms with Gasteiger partial charge in [-0.15, -0.1) is 0 Å². The van der Waals surface area contributed by atoms with Crippen LogP contribution in [0.5, 0.6) is 0 Å². The number of carbonyl (C=O) groups is 1. The number of amides is 2. The summed E-state index contributed by atoms with van der Waals surface area (Å²) in [6, 6.07) is 16.2. The van der Waals surface area contributed by atoms with Gasteiger partial charge in [0, 0.05) is 24.3 Å². The largest absolute Gasteiger partial charge is 0.357 e. The number of halogens is 1. The van der Waals surface area contributed by atoms with Gasteiger partial charge < -0.3 is 15.2 Å². The standard InChI is InChI=1S/C19H20FN3O/c1-2-23(13-14-6-5-8-16(20)10-14)19(24)21-12-17-11-15-7-3-4-9-18(15)22-17/h3-11,22H,2,12-13H2,1H3,(H,21,24). The SMILES string of the molecule is CCN(Cc1cccc(F)c1)C(=O)NCc1cc2ccccc2[nH]1. The fourth-order valence-corrected chi connectivity index (χ4v) is 2.69. The van der Waals surface area contributed by atoms with Gasteiger partial charge in [0.15, 0.2) is 0 Å². The van der Waals surface area contributed by atoms with Crippen molar-refractivity contribution in [1.82, 2.24) is 15.2 Å². The second kappa shape index (κ2) is 7.17. The first-order valence-corrected chi connectivity index (χ1v) is 7.99. The molecule has 0 bridgehead atoms. The summed E-state index contributed by atoms with van der Waals surface area (Å²) in [5, 5.41) is 4.03. The highest BCUT2D eigenvalue weighted by molar-refractivity contribution is 5.80. The van der Waals surface area contributed by atoms with Gasteiger partial charge in [-0.1, -0.05) is 30.3 Å². The molecule has 0 aliphatic heterocycles. The molecule has 3 aromatic rings. The van der Waals surface area contributed by atoms with Crippen molar-refractivity contribution in [3.8, 4) is 0 Å². The summed E-state index contributed by atoms with van der Waals surface area (Å²) in [6.07, 6.45) is 0. The molecule has 0 atom stereocenters. The van der Waals surface area contributed by atoms with E-state index in [1.807, 2.05) is 43.3 Å². The Morgan fingerprint density at radius 2 is 2.00 bits per heavy atom. The number of hydrogen-bond donors (Lipinski definition) is 2. The van der Waals surface area contributed by atoms with Gasteiger partial charge >= 0.3 is 6.03 Å². The van der Waals surface area contributed by atoms with Crippen molar-refractivity contribution in [3.63, 3.8) is 0 Å². The third-order valence-electron chi connectivity index (χ3n) is 3.95. The Morgan fingerprint density at radius 3 is 2.75 bits per heavy atom. The number of nitrogens with zero attached hydrogens (tertiary/aromatic N) is 1. The Bertz CT molecular complexity index is 810. The third-order valence-corrected chi connectivity index (χ3v) is 3.95. The van der Waals surface area contributed by atoms with E-state index in [9.17, 15) is 9.18 Å². The van der Waals surface area contributed by atoms with Crippen molar-refractivity contribution in [2.75, 3.05) is 6.54 Å². The van der Waals surface area contributed by atoms with Gasteiger partial charge in [0.05, 0.1) is 6.54 Å². The van der Waals surface area contributed by atoms with Crippen molar-refractivity contribution >= 4 is 16.9 Å². The highest BCUT2D eigenvalue weighted by Crippen LogP contribution is 2.14. The van der Waals surface area contributed by atoms with Crippen LogP contribution in [0.15, 0.2) is 54.6 Å². The molecule has 0 aliphatic carbocycles. The zero-order valence-electron chi connectivity index (χ0n) is 13.6. The second-order valence-corrected chi connectivity index (χ2v) is 5.68. The Labute approximate surface area is 140 Å². The molecule has 5 heteroatoms. The maximum Gasteiger partial charge on any atom is 0.318 e. The van der Waals surface area contributed by atoms with Crippen LogP contribution in [0.2, 0.25) is 0 Å². The lowest BCUT2D eigenvalue weighted by atomic mass is 10.2. The maximum atomic E-state index is 13.3. The van der Waals surface area contributed by atoms with E-state index in [2.05, 4.69) is 10.3 Å². The fraction of sp³-hybridized carbons (Fsp3) is 0.211. The van der Waals surface area contributed by atoms with Crippen LogP contribution in [-0.2, 0) is 13.1 Å². The van der Waals surface area contributed by atoms with E-state index in [1.165, 1.54) is 12.1 Å². The molecule has 2 aromatic carbocycles. The number of benzene rings is 2. The van der Waals surface area contributed by atoms with Crippen LogP contribution in [0.3, 0.4) is 0 Å². The molecule has 2 amide bonds. The van der Waals surface area contributed by atoms with E-state index in [-0.39, 0.29) is 11.8 Å². The van der Waals surface area contributed by atoms with Crippen LogP contribution in [0.25, 0.3) is 10.9 Å². The predicted molar refractivity (Wildman–Crippen MR) is 93.0 cm³/mol. The van der Waals surface area contributed by atoms with Crippen LogP contribution in [-0.4, -0.2) is 22.5 Å². The molecule has 0 unspecified atom stereocenters. The molecule has 0 aliphatic rings. The Balaban J connectivity index is 1.61. The third kappa shape index (κ3) is 3.74. The normalized spacial score (nSPS) is 10.8. The summed E-state index contributed by atoms with van der Waals surface area (Å²) < 4.78 is 13.3. The molecule has 124 valence electrons. The quantitative estimate of drug-likeness (QED) is 0.731. The molecule has 1 aromatic heterocycles. The lowest BCUT2D eigenvalue weighted by Gasteiger charge is -2.21. The number of H-pyrrole nitrogens is 1. The van der Waals surface area contributed by atoms with Crippen molar-refractivity contribution in [3.05, 3.63) is 71.7 Å². The van der Waals surface area contributed by atoms with Crippen molar-refractivity contribution in [2.24, 2.45) is 0 Å². The highest BCUT2D eigenvalue weighted by atomic mass is 19.1. The molecule has 0 saturated heterocycles. The van der Waals surface area contributed by atoms with Gasteiger partial charge in [0.1, 0.15) is 5.82 Å². The number of hydrogen-bond acceptors (Lipinski definition) is 1. The van der Waals surface area contributed by atoms with E-state index >= 15 is 0 Å². The second-order valence-electron chi connectivity index (χ2n) is 5.68. The van der Waals surface area contributed by atoms with Crippen LogP contribution >= 0.6 is 0 Å². The lowest BCUT2D eigenvalue weighted by Crippen LogP contribution is -2.39. The number of urea groups is 1. The van der Waals surface area contributed by atoms with Gasteiger partial charge in [0.25, 0.3) is 0 Å². The van der Waals surface area contributed by atoms with Crippen molar-refractivity contribution < 1.29 is 9.18 Å². The first-order chi connectivity index (χ1) is 11.7. The van der Waals surface area contributed by atoms with Crippen LogP contribution < -0.4 is 5.32 Å². The lowest BCUT2D eigenvalue weighted by molar-refractivity contribution is 0.197. The molecule has 0 fully saturated rings. The summed E-state index contributed by atoms with van der Waals surface area (Å²) in [7, 11) is 0. The fourth-order valence-electron chi connectivity index (χ4n) is 2.69. The van der Waals surface area contributed by atoms with Crippen LogP contribution in [0.1, 0.15) is 18.2 Å². The van der Waals surface area contributed by atoms with Gasteiger partial charge in [0.2, 0.25) is 0 Å². The van der Waals surface area contributed by atoms with E-state index < -0.39 is 0 Å². The zero-order valence-corrected chi connectivity index (χ0v) is 13.6. The Hall–Kier alpha value is -2.82. The summed E-state index contributed by atoms with van der Waals surface area (Å²) in [5.74, 6) is -0.290. The summed E-state index contributed by atoms with van der Waals surface area (Å²) in [5.41, 5.74) is 2.78. The van der Waals surface area contributed by atoms with E-state index in [0.29, 0.717) is 19.6 Å². The number of rotatable bonds is 5. The Kier molecular flexibility index (Phi) is 4.79. The molecule has 0 spiro atoms. The number of aromatic nitrogens is 1. The average molecular weight is 325 g/mol. The van der Waals surface area contributed by atoms with E-state index in [0.717, 1.165) is 22.2 Å². The molecule has 0 saturated carbocycles. The molecule has 4 nitrogen and oxygen atoms in total. The summed E-state index contributed by atoms with van der Waals surface area (Å²) in [4.78, 5) is 17.3. The molecule has 0 radical (unpaired) electrons. The van der Waals surface area contributed by atoms with Crippen LogP contribution in [0, 0.1) is 5.82 Å². The van der Waals surface area contributed by atoms with Crippen molar-refractivity contribution in [1.29, 1.82) is 0 Å². The van der Waals surface area contributed by atoms with Crippen molar-refractivity contribution in [2.45, 2.75) is 20.0 Å². The van der Waals surface area contributed by atoms with Crippen LogP contribution in [0.4, 0.5) is 9.18 Å². The molecular weight excluding hydrogens is 305 g/mol. The van der Waals surface area contributed by atoms with E-state index in [1.54, 1.807) is 11.0 Å². The molecule has 2 N–H and O–H groups in total. The van der Waals surface area contributed by atoms with Gasteiger partial charge in [-0.05, 0) is 42.1 Å². The minimum absolute atomic E-state index is 0.166. The van der Waals surface area contributed by atoms with E-state index in [4.69, 9.17) is 0 Å². The van der Waals surface area contributed by atoms with Gasteiger partial charge in [-0.25, -0.2) is 9.18 Å². The number of aromatic amines is 1. The summed E-state index contributed by atoms with van der Waals surface area (Å²) >= 11 is 0. The minimum Gasteiger partial charge on any atom is -0.357 e. The number of carbonyl (C=O) groups excluding carboxylic acids is 1. The summed E-state index contributed by atoms with van der Waals surface area (Å²) in [6.45, 7) is 3.26. The smallest absolute Gasteiger partial charge is 0.318 e. The van der Waals surface area contributed by atoms with Gasteiger partial charge in [-0.3, -0.25) is 0 Å². The molecule has 3 rings (SSSR count). The highest BCUT2D eigenvalue weighted by Gasteiger charge is 2.12. The number of nitrogens with one attached hydrogen (secondary N) is 2. The molecule has 1 heterocycles. The van der Waals surface area contributed by atoms with Gasteiger partial charge in [-0.2, -0.15) is 0 Å². The minimum atomic E-state index is -0.290. The predicted octanol–water partition coefficient (Wildman–Crippen LogP) is 4.04. The monoisotopic (exact) mass is 325 g/mol. The molecule has 24 heavy (non-hydrogen) atoms. The average Bonchev–Trinajstić information content (AvgIpc) is 3.00. The topological polar surface area (TPSA) is 48.1 Å². The first kappa shape index (κ1) is 16.1. The maximum absolute atomic E-state index is 13.3. The Morgan fingerprint density at radius 1 is 1.17 bits per heavy atom. The zero-order chi connectivity index (χ0) is 16.9. The number of para-hydroxylation sites is 1. The molecular formula is C19H20FN3O. The number of fused-ring (bicyclic) bond motifs is 1. The first-order valence-electron chi connectivity index (χ1n) is 7.99.